The summed E-state index contributed by atoms with van der Waals surface area (Å²) in [6.45, 7) is 5.67. The molecule has 0 saturated heterocycles. The maximum absolute atomic E-state index is 13.8. The number of primary sulfonamides is 1. The van der Waals surface area contributed by atoms with Crippen LogP contribution in [0.4, 0.5) is 4.39 Å². The molecule has 2 heterocycles. The third-order valence-corrected chi connectivity index (χ3v) is 8.07. The number of aromatic nitrogens is 3. The maximum Gasteiger partial charge on any atom is 0.238 e. The normalized spacial score (nSPS) is 12.8. The number of benzene rings is 3. The molecule has 2 aromatic heterocycles. The Labute approximate surface area is 218 Å². The van der Waals surface area contributed by atoms with Crippen molar-refractivity contribution < 1.29 is 17.5 Å². The first-order valence-electron chi connectivity index (χ1n) is 11.7. The highest BCUT2D eigenvalue weighted by molar-refractivity contribution is 7.89. The summed E-state index contributed by atoms with van der Waals surface area (Å²) in [5.74, 6) is 0.670. The summed E-state index contributed by atoms with van der Waals surface area (Å²) in [6.07, 6.45) is 0.674. The van der Waals surface area contributed by atoms with E-state index >= 15 is 0 Å². The molecule has 7 nitrogen and oxygen atoms in total. The first-order chi connectivity index (χ1) is 17.6. The van der Waals surface area contributed by atoms with Gasteiger partial charge in [-0.1, -0.05) is 18.2 Å². The van der Waals surface area contributed by atoms with Crippen LogP contribution in [-0.2, 0) is 16.4 Å². The molecule has 0 fully saturated rings. The van der Waals surface area contributed by atoms with Crippen molar-refractivity contribution in [2.45, 2.75) is 38.3 Å². The number of hydrogen-bond acceptors (Lipinski definition) is 7. The largest absolute Gasteiger partial charge is 0.493 e. The van der Waals surface area contributed by atoms with E-state index in [0.717, 1.165) is 31.9 Å². The SMILES string of the molecule is Cc1cc(-c2nc3c(C)cc(OCCc4ccccc4S(N)(=O)=O)cc3s2)c2ncc(C(C)F)nc2c1. The minimum atomic E-state index is -3.80. The second-order valence-electron chi connectivity index (χ2n) is 8.95. The van der Waals surface area contributed by atoms with E-state index in [2.05, 4.69) is 9.97 Å². The van der Waals surface area contributed by atoms with Gasteiger partial charge in [-0.15, -0.1) is 11.3 Å². The average molecular weight is 537 g/mol. The van der Waals surface area contributed by atoms with Gasteiger partial charge in [0.25, 0.3) is 0 Å². The van der Waals surface area contributed by atoms with Crippen molar-refractivity contribution in [1.29, 1.82) is 0 Å². The van der Waals surface area contributed by atoms with Crippen molar-refractivity contribution in [3.05, 3.63) is 77.1 Å². The molecule has 0 spiro atoms. The zero-order valence-electron chi connectivity index (χ0n) is 20.5. The van der Waals surface area contributed by atoms with Gasteiger partial charge in [0, 0.05) is 12.0 Å². The summed E-state index contributed by atoms with van der Waals surface area (Å²) in [4.78, 5) is 14.0. The first kappa shape index (κ1) is 25.2. The molecular weight excluding hydrogens is 511 g/mol. The van der Waals surface area contributed by atoms with Crippen molar-refractivity contribution in [3.8, 4) is 16.3 Å². The second-order valence-corrected chi connectivity index (χ2v) is 11.5. The molecule has 0 bridgehead atoms. The van der Waals surface area contributed by atoms with Crippen LogP contribution in [0.1, 0.15) is 35.5 Å². The van der Waals surface area contributed by atoms with Crippen LogP contribution in [0.2, 0.25) is 0 Å². The van der Waals surface area contributed by atoms with Gasteiger partial charge < -0.3 is 4.74 Å². The Bertz CT molecular complexity index is 1750. The number of thiazole rings is 1. The van der Waals surface area contributed by atoms with Crippen LogP contribution in [0.3, 0.4) is 0 Å². The summed E-state index contributed by atoms with van der Waals surface area (Å²) in [6, 6.07) is 14.4. The molecule has 2 N–H and O–H groups in total. The van der Waals surface area contributed by atoms with Crippen molar-refractivity contribution in [2.24, 2.45) is 5.14 Å². The Morgan fingerprint density at radius 3 is 2.62 bits per heavy atom. The van der Waals surface area contributed by atoms with E-state index in [1.165, 1.54) is 30.5 Å². The van der Waals surface area contributed by atoms with Gasteiger partial charge in [-0.05, 0) is 67.8 Å². The molecule has 1 unspecified atom stereocenters. The van der Waals surface area contributed by atoms with E-state index in [9.17, 15) is 12.8 Å². The van der Waals surface area contributed by atoms with Crippen LogP contribution >= 0.6 is 11.3 Å². The van der Waals surface area contributed by atoms with Crippen molar-refractivity contribution in [3.63, 3.8) is 0 Å². The van der Waals surface area contributed by atoms with Gasteiger partial charge >= 0.3 is 0 Å². The number of rotatable bonds is 7. The average Bonchev–Trinajstić information content (AvgIpc) is 3.27. The summed E-state index contributed by atoms with van der Waals surface area (Å²) in [5, 5.41) is 6.13. The van der Waals surface area contributed by atoms with Crippen LogP contribution in [0.5, 0.6) is 5.75 Å². The molecule has 0 amide bonds. The smallest absolute Gasteiger partial charge is 0.238 e. The van der Waals surface area contributed by atoms with Gasteiger partial charge in [-0.3, -0.25) is 4.98 Å². The Balaban J connectivity index is 1.44. The topological polar surface area (TPSA) is 108 Å². The van der Waals surface area contributed by atoms with E-state index < -0.39 is 16.2 Å². The number of sulfonamides is 1. The Morgan fingerprint density at radius 2 is 1.86 bits per heavy atom. The van der Waals surface area contributed by atoms with Gasteiger partial charge in [-0.25, -0.2) is 27.9 Å². The highest BCUT2D eigenvalue weighted by atomic mass is 32.2. The van der Waals surface area contributed by atoms with Gasteiger partial charge in [0.05, 0.1) is 44.6 Å². The number of nitrogens with two attached hydrogens (primary N) is 1. The molecule has 190 valence electrons. The lowest BCUT2D eigenvalue weighted by Gasteiger charge is -2.10. The van der Waals surface area contributed by atoms with Gasteiger partial charge in [0.15, 0.2) is 0 Å². The van der Waals surface area contributed by atoms with Crippen LogP contribution in [0, 0.1) is 13.8 Å². The maximum atomic E-state index is 13.8. The fourth-order valence-corrected chi connectivity index (χ4v) is 6.16. The molecule has 0 saturated carbocycles. The van der Waals surface area contributed by atoms with Gasteiger partial charge in [-0.2, -0.15) is 0 Å². The van der Waals surface area contributed by atoms with E-state index in [1.807, 2.05) is 38.1 Å². The van der Waals surface area contributed by atoms with Crippen LogP contribution in [-0.4, -0.2) is 30.0 Å². The highest BCUT2D eigenvalue weighted by Gasteiger charge is 2.17. The number of halogens is 1. The third kappa shape index (κ3) is 5.18. The van der Waals surface area contributed by atoms with E-state index in [-0.39, 0.29) is 11.5 Å². The zero-order valence-corrected chi connectivity index (χ0v) is 22.2. The molecule has 0 aliphatic heterocycles. The predicted molar refractivity (Wildman–Crippen MR) is 144 cm³/mol. The Kier molecular flexibility index (Phi) is 6.65. The van der Waals surface area contributed by atoms with Gasteiger partial charge in [0.1, 0.15) is 16.9 Å². The van der Waals surface area contributed by atoms with E-state index in [1.54, 1.807) is 18.2 Å². The minimum Gasteiger partial charge on any atom is -0.493 e. The molecule has 3 aromatic carbocycles. The van der Waals surface area contributed by atoms with E-state index in [0.29, 0.717) is 34.5 Å². The summed E-state index contributed by atoms with van der Waals surface area (Å²) in [7, 11) is -3.80. The summed E-state index contributed by atoms with van der Waals surface area (Å²) >= 11 is 1.52. The lowest BCUT2D eigenvalue weighted by molar-refractivity contribution is 0.321. The quantitative estimate of drug-likeness (QED) is 0.281. The Morgan fingerprint density at radius 1 is 1.08 bits per heavy atom. The van der Waals surface area contributed by atoms with Crippen LogP contribution < -0.4 is 9.88 Å². The second kappa shape index (κ2) is 9.77. The fraction of sp³-hybridized carbons (Fsp3) is 0.222. The lowest BCUT2D eigenvalue weighted by atomic mass is 10.1. The zero-order chi connectivity index (χ0) is 26.3. The molecule has 1 atom stereocenters. The molecule has 0 aliphatic carbocycles. The number of aryl methyl sites for hydroxylation is 2. The van der Waals surface area contributed by atoms with E-state index in [4.69, 9.17) is 14.9 Å². The molecule has 5 rings (SSSR count). The number of nitrogens with zero attached hydrogens (tertiary/aromatic N) is 3. The fourth-order valence-electron chi connectivity index (χ4n) is 4.26. The van der Waals surface area contributed by atoms with Crippen LogP contribution in [0.25, 0.3) is 31.8 Å². The number of fused-ring (bicyclic) bond motifs is 2. The predicted octanol–water partition coefficient (Wildman–Crippen LogP) is 5.82. The summed E-state index contributed by atoms with van der Waals surface area (Å²) in [5.41, 5.74) is 5.88. The standard InChI is InChI=1S/C27H25FN4O3S2/c1-15-10-20(26-21(11-15)31-22(14-30-26)17(3)28)27-32-25-16(2)12-19(13-23(25)36-27)35-9-8-18-6-4-5-7-24(18)37(29,33)34/h4-7,10-14,17H,8-9H2,1-3H3,(H2,29,33,34). The molecule has 0 aliphatic rings. The first-order valence-corrected chi connectivity index (χ1v) is 14.0. The molecule has 0 radical (unpaired) electrons. The van der Waals surface area contributed by atoms with Crippen molar-refractivity contribution in [2.75, 3.05) is 6.61 Å². The third-order valence-electron chi connectivity index (χ3n) is 6.03. The minimum absolute atomic E-state index is 0.110. The summed E-state index contributed by atoms with van der Waals surface area (Å²) < 4.78 is 44.5. The number of alkyl halides is 1. The monoisotopic (exact) mass is 536 g/mol. The number of ether oxygens (including phenoxy) is 1. The molecule has 5 aromatic rings. The lowest BCUT2D eigenvalue weighted by Crippen LogP contribution is -2.15. The number of hydrogen-bond donors (Lipinski definition) is 1. The van der Waals surface area contributed by atoms with Crippen LogP contribution in [0.15, 0.2) is 59.6 Å². The highest BCUT2D eigenvalue weighted by Crippen LogP contribution is 2.37. The Hall–Kier alpha value is -3.47. The molecule has 10 heteroatoms. The molecular formula is C27H25FN4O3S2. The molecule has 37 heavy (non-hydrogen) atoms. The van der Waals surface area contributed by atoms with Crippen molar-refractivity contribution >= 4 is 42.6 Å². The van der Waals surface area contributed by atoms with Crippen molar-refractivity contribution in [1.82, 2.24) is 15.0 Å². The van der Waals surface area contributed by atoms with Gasteiger partial charge in [0.2, 0.25) is 10.0 Å².